The van der Waals surface area contributed by atoms with Crippen LogP contribution in [0, 0.1) is 0 Å². The lowest BCUT2D eigenvalue weighted by Gasteiger charge is -2.26. The molecule has 1 fully saturated rings. The van der Waals surface area contributed by atoms with E-state index in [4.69, 9.17) is 4.74 Å². The van der Waals surface area contributed by atoms with E-state index in [1.165, 1.54) is 6.42 Å². The van der Waals surface area contributed by atoms with Crippen molar-refractivity contribution in [1.82, 2.24) is 20.6 Å². The first kappa shape index (κ1) is 28.6. The maximum atomic E-state index is 12.8. The molecule has 8 heteroatoms. The average Bonchev–Trinajstić information content (AvgIpc) is 2.87. The fraction of sp³-hybridized carbons (Fsp3) is 0.370. The normalized spacial score (nSPS) is 13.3. The Morgan fingerprint density at radius 2 is 1.69 bits per heavy atom. The van der Waals surface area contributed by atoms with Crippen LogP contribution in [0.4, 0.5) is 0 Å². The Morgan fingerprint density at radius 3 is 2.37 bits per heavy atom. The molecule has 0 unspecified atom stereocenters. The van der Waals surface area contributed by atoms with E-state index in [1.54, 1.807) is 0 Å². The number of hydrogen-bond acceptors (Lipinski definition) is 5. The molecule has 0 radical (unpaired) electrons. The molecule has 3 aromatic rings. The summed E-state index contributed by atoms with van der Waals surface area (Å²) in [6.07, 6.45) is 6.36. The molecule has 0 saturated carbocycles. The maximum Gasteiger partial charge on any atom is 0.286 e. The second-order valence-corrected chi connectivity index (χ2v) is 8.48. The summed E-state index contributed by atoms with van der Waals surface area (Å²) in [5.41, 5.74) is 7.35. The van der Waals surface area contributed by atoms with Crippen molar-refractivity contribution in [3.05, 3.63) is 77.6 Å². The lowest BCUT2D eigenvalue weighted by molar-refractivity contribution is 0.0743. The molecule has 6 nitrogen and oxygen atoms in total. The topological polar surface area (TPSA) is 67.4 Å². The molecule has 1 aliphatic heterocycles. The lowest BCUT2D eigenvalue weighted by atomic mass is 10.0. The van der Waals surface area contributed by atoms with Crippen LogP contribution in [0.15, 0.2) is 60.7 Å². The zero-order chi connectivity index (χ0) is 22.9. The van der Waals surface area contributed by atoms with Gasteiger partial charge in [0.05, 0.1) is 5.69 Å². The van der Waals surface area contributed by atoms with E-state index >= 15 is 0 Å². The first-order valence-electron chi connectivity index (χ1n) is 11.9. The Kier molecular flexibility index (Phi) is 12.0. The summed E-state index contributed by atoms with van der Waals surface area (Å²) >= 11 is 0. The summed E-state index contributed by atoms with van der Waals surface area (Å²) in [5.74, 6) is 0.610. The Bertz CT molecular complexity index is 1040. The SMILES string of the molecule is CCCCc1nnc(C(=O)NN2CCCCC2)cc1-c1ccc(OCc2ccccc2)cc1.Cl.Cl. The number of ether oxygens (including phenoxy) is 1. The van der Waals surface area contributed by atoms with Crippen molar-refractivity contribution in [2.75, 3.05) is 13.1 Å². The number of aromatic nitrogens is 2. The zero-order valence-electron chi connectivity index (χ0n) is 20.1. The van der Waals surface area contributed by atoms with Gasteiger partial charge in [0.1, 0.15) is 12.4 Å². The minimum Gasteiger partial charge on any atom is -0.489 e. The van der Waals surface area contributed by atoms with Crippen molar-refractivity contribution in [2.45, 2.75) is 52.1 Å². The van der Waals surface area contributed by atoms with Crippen molar-refractivity contribution in [2.24, 2.45) is 0 Å². The van der Waals surface area contributed by atoms with E-state index in [0.29, 0.717) is 12.3 Å². The predicted octanol–water partition coefficient (Wildman–Crippen LogP) is 6.04. The monoisotopic (exact) mass is 516 g/mol. The predicted molar refractivity (Wildman–Crippen MR) is 144 cm³/mol. The summed E-state index contributed by atoms with van der Waals surface area (Å²) < 4.78 is 5.93. The van der Waals surface area contributed by atoms with Crippen molar-refractivity contribution < 1.29 is 9.53 Å². The van der Waals surface area contributed by atoms with Crippen molar-refractivity contribution in [1.29, 1.82) is 0 Å². The van der Waals surface area contributed by atoms with E-state index in [-0.39, 0.29) is 30.7 Å². The fourth-order valence-electron chi connectivity index (χ4n) is 3.98. The van der Waals surface area contributed by atoms with Crippen LogP contribution in [-0.4, -0.2) is 34.2 Å². The van der Waals surface area contributed by atoms with Crippen molar-refractivity contribution in [3.63, 3.8) is 0 Å². The second-order valence-electron chi connectivity index (χ2n) is 8.48. The van der Waals surface area contributed by atoms with Gasteiger partial charge in [-0.2, -0.15) is 5.10 Å². The van der Waals surface area contributed by atoms with E-state index in [0.717, 1.165) is 73.3 Å². The molecule has 1 saturated heterocycles. The Morgan fingerprint density at radius 1 is 0.971 bits per heavy atom. The highest BCUT2D eigenvalue weighted by atomic mass is 35.5. The van der Waals surface area contributed by atoms with Crippen LogP contribution in [0.25, 0.3) is 11.1 Å². The van der Waals surface area contributed by atoms with E-state index in [1.807, 2.05) is 65.7 Å². The largest absolute Gasteiger partial charge is 0.489 e. The molecule has 0 spiro atoms. The van der Waals surface area contributed by atoms with Crippen LogP contribution in [0.5, 0.6) is 5.75 Å². The molecule has 2 heterocycles. The number of hydrazine groups is 1. The summed E-state index contributed by atoms with van der Waals surface area (Å²) in [5, 5.41) is 10.7. The van der Waals surface area contributed by atoms with Gasteiger partial charge in [-0.3, -0.25) is 10.2 Å². The molecule has 4 rings (SSSR count). The third-order valence-corrected chi connectivity index (χ3v) is 5.90. The van der Waals surface area contributed by atoms with Gasteiger partial charge in [-0.05, 0) is 55.0 Å². The third-order valence-electron chi connectivity index (χ3n) is 5.90. The molecular weight excluding hydrogens is 483 g/mol. The molecular formula is C27H34Cl2N4O2. The Balaban J connectivity index is 0.00000216. The number of piperidine rings is 1. The van der Waals surface area contributed by atoms with Gasteiger partial charge >= 0.3 is 0 Å². The van der Waals surface area contributed by atoms with E-state index in [2.05, 4.69) is 22.5 Å². The number of benzene rings is 2. The van der Waals surface area contributed by atoms with Crippen LogP contribution in [-0.2, 0) is 13.0 Å². The number of nitrogens with one attached hydrogen (secondary N) is 1. The number of unbranched alkanes of at least 4 members (excludes halogenated alkanes) is 1. The minimum absolute atomic E-state index is 0. The zero-order valence-corrected chi connectivity index (χ0v) is 21.7. The number of amides is 1. The first-order chi connectivity index (χ1) is 16.2. The quantitative estimate of drug-likeness (QED) is 0.375. The van der Waals surface area contributed by atoms with Gasteiger partial charge in [0, 0.05) is 18.7 Å². The van der Waals surface area contributed by atoms with Crippen LogP contribution < -0.4 is 10.2 Å². The summed E-state index contributed by atoms with van der Waals surface area (Å²) in [6, 6.07) is 20.0. The number of carbonyl (C=O) groups excluding carboxylic acids is 1. The van der Waals surface area contributed by atoms with Gasteiger partial charge < -0.3 is 4.74 Å². The van der Waals surface area contributed by atoms with Gasteiger partial charge in [0.2, 0.25) is 0 Å². The van der Waals surface area contributed by atoms with Crippen molar-refractivity contribution >= 4 is 30.7 Å². The number of nitrogens with zero attached hydrogens (tertiary/aromatic N) is 3. The Hall–Kier alpha value is -2.67. The summed E-state index contributed by atoms with van der Waals surface area (Å²) in [7, 11) is 0. The average molecular weight is 518 g/mol. The van der Waals surface area contributed by atoms with E-state index < -0.39 is 0 Å². The van der Waals surface area contributed by atoms with Crippen LogP contribution in [0.1, 0.15) is 60.8 Å². The first-order valence-corrected chi connectivity index (χ1v) is 11.9. The van der Waals surface area contributed by atoms with Gasteiger partial charge in [0.25, 0.3) is 5.91 Å². The van der Waals surface area contributed by atoms with Crippen molar-refractivity contribution in [3.8, 4) is 16.9 Å². The molecule has 2 aromatic carbocycles. The highest BCUT2D eigenvalue weighted by Crippen LogP contribution is 2.27. The number of carbonyl (C=O) groups is 1. The highest BCUT2D eigenvalue weighted by Gasteiger charge is 2.18. The lowest BCUT2D eigenvalue weighted by Crippen LogP contribution is -2.45. The van der Waals surface area contributed by atoms with Gasteiger partial charge in [-0.1, -0.05) is 62.2 Å². The number of hydrogen-bond donors (Lipinski definition) is 1. The van der Waals surface area contributed by atoms with Crippen LogP contribution in [0.2, 0.25) is 0 Å². The highest BCUT2D eigenvalue weighted by molar-refractivity contribution is 5.93. The number of halogens is 2. The summed E-state index contributed by atoms with van der Waals surface area (Å²) in [4.78, 5) is 12.8. The molecule has 1 N–H and O–H groups in total. The van der Waals surface area contributed by atoms with Crippen LogP contribution in [0.3, 0.4) is 0 Å². The number of rotatable bonds is 9. The molecule has 188 valence electrons. The fourth-order valence-corrected chi connectivity index (χ4v) is 3.98. The van der Waals surface area contributed by atoms with E-state index in [9.17, 15) is 4.79 Å². The maximum absolute atomic E-state index is 12.8. The van der Waals surface area contributed by atoms with Gasteiger partial charge in [0.15, 0.2) is 5.69 Å². The van der Waals surface area contributed by atoms with Crippen LogP contribution >= 0.6 is 24.8 Å². The molecule has 0 bridgehead atoms. The number of aryl methyl sites for hydroxylation is 1. The molecule has 1 aliphatic rings. The molecule has 0 atom stereocenters. The van der Waals surface area contributed by atoms with Gasteiger partial charge in [-0.25, -0.2) is 5.01 Å². The standard InChI is InChI=1S/C27H32N4O2.2ClH/c1-2-3-12-25-24(19-26(29-28-25)27(32)30-31-17-8-5-9-18-31)22-13-15-23(16-14-22)33-20-21-10-6-4-7-11-21;;/h4,6-7,10-11,13-16,19H,2-3,5,8-9,12,17-18,20H2,1H3,(H,30,32);2*1H. The molecule has 1 amide bonds. The Labute approximate surface area is 220 Å². The molecule has 0 aliphatic carbocycles. The third kappa shape index (κ3) is 8.20. The molecule has 35 heavy (non-hydrogen) atoms. The molecule has 1 aromatic heterocycles. The minimum atomic E-state index is -0.199. The van der Waals surface area contributed by atoms with Gasteiger partial charge in [-0.15, -0.1) is 29.9 Å². The second kappa shape index (κ2) is 14.7. The smallest absolute Gasteiger partial charge is 0.286 e. The summed E-state index contributed by atoms with van der Waals surface area (Å²) in [6.45, 7) is 4.45.